The van der Waals surface area contributed by atoms with Crippen LogP contribution in [-0.2, 0) is 0 Å². The standard InChI is InChI=1S/C8H8O2.C7H8/c1-10-8-4-2-7(6-9)3-5-8;1-7-5-3-2-4-6-7/h2-6H,1H3;2-6H,1H3. The van der Waals surface area contributed by atoms with Crippen LogP contribution < -0.4 is 4.74 Å². The molecule has 2 nitrogen and oxygen atoms in total. The Morgan fingerprint density at radius 2 is 1.53 bits per heavy atom. The van der Waals surface area contributed by atoms with E-state index >= 15 is 0 Å². The van der Waals surface area contributed by atoms with Gasteiger partial charge in [0.1, 0.15) is 12.0 Å². The molecule has 2 heteroatoms. The minimum Gasteiger partial charge on any atom is -0.497 e. The molecule has 0 aliphatic heterocycles. The first-order valence-corrected chi connectivity index (χ1v) is 5.37. The van der Waals surface area contributed by atoms with Gasteiger partial charge in [-0.25, -0.2) is 0 Å². The number of ether oxygens (including phenoxy) is 1. The summed E-state index contributed by atoms with van der Waals surface area (Å²) >= 11 is 0. The Morgan fingerprint density at radius 3 is 1.88 bits per heavy atom. The quantitative estimate of drug-likeness (QED) is 0.735. The molecule has 0 saturated carbocycles. The third kappa shape index (κ3) is 4.98. The van der Waals surface area contributed by atoms with Crippen molar-refractivity contribution >= 4 is 6.29 Å². The summed E-state index contributed by atoms with van der Waals surface area (Å²) in [4.78, 5) is 10.2. The van der Waals surface area contributed by atoms with Crippen molar-refractivity contribution in [1.82, 2.24) is 0 Å². The molecule has 0 aliphatic carbocycles. The molecule has 0 aliphatic rings. The highest BCUT2D eigenvalue weighted by atomic mass is 16.5. The molecule has 0 amide bonds. The van der Waals surface area contributed by atoms with Crippen molar-refractivity contribution in [3.05, 3.63) is 65.7 Å². The summed E-state index contributed by atoms with van der Waals surface area (Å²) in [5.74, 6) is 0.769. The van der Waals surface area contributed by atoms with E-state index in [4.69, 9.17) is 4.74 Å². The second-order valence-electron chi connectivity index (χ2n) is 3.55. The number of aryl methyl sites for hydroxylation is 1. The van der Waals surface area contributed by atoms with Crippen molar-refractivity contribution in [1.29, 1.82) is 0 Å². The van der Waals surface area contributed by atoms with Gasteiger partial charge in [0.2, 0.25) is 0 Å². The van der Waals surface area contributed by atoms with E-state index in [1.165, 1.54) is 5.56 Å². The number of methoxy groups -OCH3 is 1. The topological polar surface area (TPSA) is 26.3 Å². The second kappa shape index (κ2) is 7.23. The number of carbonyl (C=O) groups is 1. The summed E-state index contributed by atoms with van der Waals surface area (Å²) in [6.07, 6.45) is 0.805. The van der Waals surface area contributed by atoms with Gasteiger partial charge in [-0.05, 0) is 31.2 Å². The third-order valence-electron chi connectivity index (χ3n) is 2.19. The molecule has 0 N–H and O–H groups in total. The first kappa shape index (κ1) is 13.0. The maximum Gasteiger partial charge on any atom is 0.150 e. The zero-order chi connectivity index (χ0) is 12.5. The Balaban J connectivity index is 0.000000181. The van der Waals surface area contributed by atoms with Crippen LogP contribution >= 0.6 is 0 Å². The summed E-state index contributed by atoms with van der Waals surface area (Å²) in [7, 11) is 1.59. The van der Waals surface area contributed by atoms with Gasteiger partial charge in [0, 0.05) is 5.56 Å². The lowest BCUT2D eigenvalue weighted by Gasteiger charge is -1.96. The lowest BCUT2D eigenvalue weighted by Crippen LogP contribution is -1.82. The van der Waals surface area contributed by atoms with E-state index in [9.17, 15) is 4.79 Å². The van der Waals surface area contributed by atoms with Crippen molar-refractivity contribution in [3.8, 4) is 5.75 Å². The van der Waals surface area contributed by atoms with Crippen molar-refractivity contribution in [2.45, 2.75) is 6.92 Å². The van der Waals surface area contributed by atoms with Gasteiger partial charge in [-0.2, -0.15) is 0 Å². The molecular weight excluding hydrogens is 212 g/mol. The lowest BCUT2D eigenvalue weighted by atomic mass is 10.2. The van der Waals surface area contributed by atoms with Gasteiger partial charge in [0.25, 0.3) is 0 Å². The molecule has 0 bridgehead atoms. The van der Waals surface area contributed by atoms with Gasteiger partial charge >= 0.3 is 0 Å². The van der Waals surface area contributed by atoms with E-state index in [0.717, 1.165) is 12.0 Å². The summed E-state index contributed by atoms with van der Waals surface area (Å²) in [5, 5.41) is 0. The second-order valence-corrected chi connectivity index (χ2v) is 3.55. The number of hydrogen-bond donors (Lipinski definition) is 0. The van der Waals surface area contributed by atoms with Crippen LogP contribution in [0.15, 0.2) is 54.6 Å². The van der Waals surface area contributed by atoms with Gasteiger partial charge in [-0.1, -0.05) is 35.9 Å². The van der Waals surface area contributed by atoms with Gasteiger partial charge in [0.15, 0.2) is 0 Å². The van der Waals surface area contributed by atoms with E-state index in [1.54, 1.807) is 31.4 Å². The van der Waals surface area contributed by atoms with Crippen LogP contribution in [0.4, 0.5) is 0 Å². The highest BCUT2D eigenvalue weighted by Gasteiger charge is 1.89. The van der Waals surface area contributed by atoms with Crippen LogP contribution in [0, 0.1) is 6.92 Å². The fourth-order valence-corrected chi connectivity index (χ4v) is 1.22. The molecule has 88 valence electrons. The summed E-state index contributed by atoms with van der Waals surface area (Å²) < 4.78 is 4.90. The fraction of sp³-hybridized carbons (Fsp3) is 0.133. The Hall–Kier alpha value is -2.09. The number of aldehydes is 1. The van der Waals surface area contributed by atoms with E-state index in [-0.39, 0.29) is 0 Å². The van der Waals surface area contributed by atoms with E-state index in [1.807, 2.05) is 18.2 Å². The molecule has 0 spiro atoms. The maximum atomic E-state index is 10.2. The molecule has 0 heterocycles. The first-order chi connectivity index (χ1) is 8.26. The zero-order valence-electron chi connectivity index (χ0n) is 10.1. The van der Waals surface area contributed by atoms with E-state index in [0.29, 0.717) is 5.56 Å². The molecule has 0 aromatic heterocycles. The minimum atomic E-state index is 0.667. The predicted molar refractivity (Wildman–Crippen MR) is 69.6 cm³/mol. The number of rotatable bonds is 2. The predicted octanol–water partition coefficient (Wildman–Crippen LogP) is 3.50. The Bertz CT molecular complexity index is 432. The smallest absolute Gasteiger partial charge is 0.150 e. The molecule has 2 aromatic carbocycles. The van der Waals surface area contributed by atoms with E-state index in [2.05, 4.69) is 19.1 Å². The van der Waals surface area contributed by atoms with Crippen molar-refractivity contribution < 1.29 is 9.53 Å². The Morgan fingerprint density at radius 1 is 0.941 bits per heavy atom. The largest absolute Gasteiger partial charge is 0.497 e. The Kier molecular flexibility index (Phi) is 5.52. The van der Waals surface area contributed by atoms with Crippen LogP contribution in [0.3, 0.4) is 0 Å². The normalized spacial score (nSPS) is 8.82. The average Bonchev–Trinajstić information content (AvgIpc) is 2.40. The van der Waals surface area contributed by atoms with Crippen LogP contribution in [0.25, 0.3) is 0 Å². The highest BCUT2D eigenvalue weighted by Crippen LogP contribution is 2.09. The van der Waals surface area contributed by atoms with Crippen LogP contribution in [0.1, 0.15) is 15.9 Å². The molecule has 2 aromatic rings. The average molecular weight is 228 g/mol. The van der Waals surface area contributed by atoms with Gasteiger partial charge in [-0.15, -0.1) is 0 Å². The van der Waals surface area contributed by atoms with E-state index < -0.39 is 0 Å². The van der Waals surface area contributed by atoms with Crippen LogP contribution in [-0.4, -0.2) is 13.4 Å². The molecule has 0 unspecified atom stereocenters. The molecule has 0 radical (unpaired) electrons. The number of benzene rings is 2. The monoisotopic (exact) mass is 228 g/mol. The maximum absolute atomic E-state index is 10.2. The summed E-state index contributed by atoms with van der Waals surface area (Å²) in [6, 6.07) is 17.2. The summed E-state index contributed by atoms with van der Waals surface area (Å²) in [5.41, 5.74) is 1.99. The minimum absolute atomic E-state index is 0.667. The van der Waals surface area contributed by atoms with Crippen molar-refractivity contribution in [2.24, 2.45) is 0 Å². The number of carbonyl (C=O) groups excluding carboxylic acids is 1. The zero-order valence-corrected chi connectivity index (χ0v) is 10.1. The van der Waals surface area contributed by atoms with Gasteiger partial charge in [-0.3, -0.25) is 4.79 Å². The summed E-state index contributed by atoms with van der Waals surface area (Å²) in [6.45, 7) is 2.08. The molecule has 2 rings (SSSR count). The fourth-order valence-electron chi connectivity index (χ4n) is 1.22. The van der Waals surface area contributed by atoms with Crippen molar-refractivity contribution in [3.63, 3.8) is 0 Å². The molecular formula is C15H16O2. The lowest BCUT2D eigenvalue weighted by molar-refractivity contribution is 0.112. The SMILES string of the molecule is COc1ccc(C=O)cc1.Cc1ccccc1. The van der Waals surface area contributed by atoms with Gasteiger partial charge in [0.05, 0.1) is 7.11 Å². The third-order valence-corrected chi connectivity index (χ3v) is 2.19. The molecule has 17 heavy (non-hydrogen) atoms. The first-order valence-electron chi connectivity index (χ1n) is 5.37. The molecule has 0 atom stereocenters. The van der Waals surface area contributed by atoms with Gasteiger partial charge < -0.3 is 4.74 Å². The number of hydrogen-bond acceptors (Lipinski definition) is 2. The highest BCUT2D eigenvalue weighted by molar-refractivity contribution is 5.74. The van der Waals surface area contributed by atoms with Crippen LogP contribution in [0.2, 0.25) is 0 Å². The van der Waals surface area contributed by atoms with Crippen molar-refractivity contribution in [2.75, 3.05) is 7.11 Å². The Labute approximate surface area is 102 Å². The van der Waals surface area contributed by atoms with Crippen LogP contribution in [0.5, 0.6) is 5.75 Å². The molecule has 0 saturated heterocycles. The molecule has 0 fully saturated rings.